The summed E-state index contributed by atoms with van der Waals surface area (Å²) in [4.78, 5) is 2.46. The lowest BCUT2D eigenvalue weighted by atomic mass is 9.69. The van der Waals surface area contributed by atoms with E-state index in [1.54, 1.807) is 0 Å². The van der Waals surface area contributed by atoms with Gasteiger partial charge in [-0.3, -0.25) is 9.45 Å². The Bertz CT molecular complexity index is 1170. The van der Waals surface area contributed by atoms with Crippen LogP contribution in [-0.2, 0) is 26.8 Å². The Morgan fingerprint density at radius 3 is 2.19 bits per heavy atom. The van der Waals surface area contributed by atoms with E-state index in [9.17, 15) is 8.42 Å². The lowest BCUT2D eigenvalue weighted by molar-refractivity contribution is 0.0845. The fraction of sp³-hybridized carbons (Fsp3) is 0.440. The fourth-order valence-electron chi connectivity index (χ4n) is 5.39. The lowest BCUT2D eigenvalue weighted by Crippen LogP contribution is -2.47. The summed E-state index contributed by atoms with van der Waals surface area (Å²) in [6.07, 6.45) is 6.58. The molecular weight excluding hydrogens is 442 g/mol. The number of thioether (sulfide) groups is 1. The highest BCUT2D eigenvalue weighted by molar-refractivity contribution is 8.00. The average molecular weight is 474 g/mol. The minimum atomic E-state index is -3.67. The van der Waals surface area contributed by atoms with Crippen molar-refractivity contribution in [2.45, 2.75) is 42.4 Å². The number of aryl methyl sites for hydroxylation is 1. The maximum Gasteiger partial charge on any atom is 0.261 e. The Labute approximate surface area is 194 Å². The first-order valence-corrected chi connectivity index (χ1v) is 13.8. The Morgan fingerprint density at radius 2 is 1.56 bits per heavy atom. The number of hydrogen-bond donors (Lipinski definition) is 1. The van der Waals surface area contributed by atoms with Crippen LogP contribution in [0, 0.1) is 0 Å². The van der Waals surface area contributed by atoms with Crippen LogP contribution in [0.25, 0.3) is 11.0 Å². The van der Waals surface area contributed by atoms with Gasteiger partial charge in [0.1, 0.15) is 11.3 Å². The van der Waals surface area contributed by atoms with Gasteiger partial charge in [0.15, 0.2) is 0 Å². The minimum Gasteiger partial charge on any atom is -0.461 e. The van der Waals surface area contributed by atoms with Gasteiger partial charge < -0.3 is 4.42 Å². The summed E-state index contributed by atoms with van der Waals surface area (Å²) in [6.45, 7) is 0. The smallest absolute Gasteiger partial charge is 0.261 e. The van der Waals surface area contributed by atoms with Crippen LogP contribution in [0.15, 0.2) is 59.0 Å². The van der Waals surface area contributed by atoms with E-state index in [4.69, 9.17) is 8.97 Å². The quantitative estimate of drug-likeness (QED) is 0.499. The molecular formula is C25H31NO4S2. The van der Waals surface area contributed by atoms with Gasteiger partial charge in [-0.2, -0.15) is 8.42 Å². The molecule has 0 radical (unpaired) electrons. The molecule has 1 spiro atoms. The van der Waals surface area contributed by atoms with Crippen LogP contribution < -0.4 is 0 Å². The van der Waals surface area contributed by atoms with Crippen LogP contribution >= 0.6 is 11.8 Å². The summed E-state index contributed by atoms with van der Waals surface area (Å²) in [5, 5.41) is 1.34. The number of benzene rings is 2. The van der Waals surface area contributed by atoms with Crippen LogP contribution in [0.3, 0.4) is 0 Å². The van der Waals surface area contributed by atoms with Crippen LogP contribution in [0.4, 0.5) is 0 Å². The maximum absolute atomic E-state index is 9.19. The fourth-order valence-corrected chi connectivity index (χ4v) is 6.93. The van der Waals surface area contributed by atoms with Crippen molar-refractivity contribution in [3.8, 4) is 0 Å². The molecule has 0 saturated heterocycles. The van der Waals surface area contributed by atoms with Crippen molar-refractivity contribution in [1.82, 2.24) is 4.90 Å². The third-order valence-electron chi connectivity index (χ3n) is 6.88. The van der Waals surface area contributed by atoms with E-state index in [-0.39, 0.29) is 10.3 Å². The Balaban J connectivity index is 0.000000444. The summed E-state index contributed by atoms with van der Waals surface area (Å²) >= 11 is 2.18. The van der Waals surface area contributed by atoms with Gasteiger partial charge in [-0.15, -0.1) is 11.8 Å². The molecule has 1 saturated carbocycles. The molecule has 3 aromatic rings. The molecule has 0 unspecified atom stereocenters. The van der Waals surface area contributed by atoms with Crippen molar-refractivity contribution in [2.75, 3.05) is 26.1 Å². The first-order valence-electron chi connectivity index (χ1n) is 10.9. The van der Waals surface area contributed by atoms with E-state index >= 15 is 0 Å². The third kappa shape index (κ3) is 4.49. The summed E-state index contributed by atoms with van der Waals surface area (Å²) in [7, 11) is 0.829. The van der Waals surface area contributed by atoms with E-state index in [1.807, 2.05) is 0 Å². The second kappa shape index (κ2) is 8.86. The van der Waals surface area contributed by atoms with Gasteiger partial charge >= 0.3 is 0 Å². The maximum atomic E-state index is 9.19. The molecule has 172 valence electrons. The SMILES string of the molecule is CN(C)C1(c2ccccc2)CCC2(CC1)SCCc1oc3ccccc3c12.CS(=O)(=O)O. The van der Waals surface area contributed by atoms with Crippen LogP contribution in [0.2, 0.25) is 0 Å². The van der Waals surface area contributed by atoms with Crippen LogP contribution in [-0.4, -0.2) is 44.0 Å². The Hall–Kier alpha value is -1.80. The van der Waals surface area contributed by atoms with Gasteiger partial charge in [0, 0.05) is 33.4 Å². The number of hydrogen-bond acceptors (Lipinski definition) is 5. The molecule has 1 N–H and O–H groups in total. The number of fused-ring (bicyclic) bond motifs is 4. The third-order valence-corrected chi connectivity index (χ3v) is 8.46. The van der Waals surface area contributed by atoms with Gasteiger partial charge in [-0.05, 0) is 51.4 Å². The highest BCUT2D eigenvalue weighted by atomic mass is 32.2. The first-order chi connectivity index (χ1) is 15.1. The lowest BCUT2D eigenvalue weighted by Gasteiger charge is -2.50. The predicted octanol–water partition coefficient (Wildman–Crippen LogP) is 5.45. The second-order valence-corrected chi connectivity index (χ2v) is 12.0. The highest BCUT2D eigenvalue weighted by Crippen LogP contribution is 2.58. The Morgan fingerprint density at radius 1 is 0.969 bits per heavy atom. The molecule has 32 heavy (non-hydrogen) atoms. The monoisotopic (exact) mass is 473 g/mol. The standard InChI is InChI=1S/C24H27NOS.CH4O3S/c1-25(2)23(18-8-4-3-5-9-18)13-15-24(16-14-23)22-19-10-6-7-11-20(19)26-21(22)12-17-27-24;1-5(2,3)4/h3-11H,12-17H2,1-2H3;1H3,(H,2,3,4). The summed E-state index contributed by atoms with van der Waals surface area (Å²) < 4.78 is 32.4. The molecule has 2 heterocycles. The van der Waals surface area contributed by atoms with E-state index in [1.165, 1.54) is 53.7 Å². The molecule has 0 bridgehead atoms. The molecule has 1 aliphatic heterocycles. The van der Waals surface area contributed by atoms with Crippen molar-refractivity contribution in [3.05, 3.63) is 71.5 Å². The predicted molar refractivity (Wildman–Crippen MR) is 132 cm³/mol. The van der Waals surface area contributed by atoms with Crippen molar-refractivity contribution >= 4 is 32.8 Å². The first kappa shape index (κ1) is 23.4. The van der Waals surface area contributed by atoms with Gasteiger partial charge in [0.25, 0.3) is 10.1 Å². The number of rotatable bonds is 2. The van der Waals surface area contributed by atoms with Crippen molar-refractivity contribution in [3.63, 3.8) is 0 Å². The zero-order valence-corrected chi connectivity index (χ0v) is 20.5. The molecule has 2 aromatic carbocycles. The Kier molecular flexibility index (Phi) is 6.47. The van der Waals surface area contributed by atoms with Crippen LogP contribution in [0.1, 0.15) is 42.6 Å². The molecule has 1 aromatic heterocycles. The molecule has 1 aliphatic carbocycles. The van der Waals surface area contributed by atoms with Gasteiger partial charge in [-0.1, -0.05) is 48.5 Å². The summed E-state index contributed by atoms with van der Waals surface area (Å²) in [5.41, 5.74) is 4.18. The molecule has 0 atom stereocenters. The largest absolute Gasteiger partial charge is 0.461 e. The van der Waals surface area contributed by atoms with Crippen LogP contribution in [0.5, 0.6) is 0 Å². The van der Waals surface area contributed by atoms with Crippen molar-refractivity contribution < 1.29 is 17.4 Å². The number of para-hydroxylation sites is 1. The zero-order chi connectivity index (χ0) is 23.0. The van der Waals surface area contributed by atoms with Gasteiger partial charge in [0.05, 0.1) is 6.26 Å². The average Bonchev–Trinajstić information content (AvgIpc) is 3.14. The number of furan rings is 1. The molecule has 2 aliphatic rings. The van der Waals surface area contributed by atoms with E-state index in [0.717, 1.165) is 12.0 Å². The van der Waals surface area contributed by atoms with E-state index in [2.05, 4.69) is 85.4 Å². The summed E-state index contributed by atoms with van der Waals surface area (Å²) in [5.74, 6) is 2.42. The second-order valence-electron chi connectivity index (χ2n) is 9.01. The van der Waals surface area contributed by atoms with Crippen molar-refractivity contribution in [1.29, 1.82) is 0 Å². The summed E-state index contributed by atoms with van der Waals surface area (Å²) in [6, 6.07) is 19.7. The molecule has 7 heteroatoms. The van der Waals surface area contributed by atoms with Gasteiger partial charge in [-0.25, -0.2) is 0 Å². The minimum absolute atomic E-state index is 0.143. The topological polar surface area (TPSA) is 70.8 Å². The zero-order valence-electron chi connectivity index (χ0n) is 18.9. The molecule has 0 amide bonds. The van der Waals surface area contributed by atoms with E-state index in [0.29, 0.717) is 6.26 Å². The van der Waals surface area contributed by atoms with E-state index < -0.39 is 10.1 Å². The molecule has 5 nitrogen and oxygen atoms in total. The molecule has 1 fully saturated rings. The highest BCUT2D eigenvalue weighted by Gasteiger charge is 2.49. The normalized spacial score (nSPS) is 25.4. The van der Waals surface area contributed by atoms with Crippen molar-refractivity contribution in [2.24, 2.45) is 0 Å². The molecule has 5 rings (SSSR count). The number of nitrogens with zero attached hydrogens (tertiary/aromatic N) is 1. The van der Waals surface area contributed by atoms with Gasteiger partial charge in [0.2, 0.25) is 0 Å².